The molecule has 0 unspecified atom stereocenters. The zero-order chi connectivity index (χ0) is 12.1. The highest BCUT2D eigenvalue weighted by atomic mass is 16.2. The van der Waals surface area contributed by atoms with E-state index in [9.17, 15) is 9.59 Å². The van der Waals surface area contributed by atoms with Crippen LogP contribution in [0.2, 0.25) is 0 Å². The molecule has 0 aliphatic heterocycles. The van der Waals surface area contributed by atoms with E-state index >= 15 is 0 Å². The minimum absolute atomic E-state index is 0.165. The number of aromatic nitrogens is 2. The zero-order valence-electron chi connectivity index (χ0n) is 9.30. The van der Waals surface area contributed by atoms with Crippen molar-refractivity contribution in [3.8, 4) is 0 Å². The predicted molar refractivity (Wildman–Crippen MR) is 57.2 cm³/mol. The molecule has 16 heavy (non-hydrogen) atoms. The van der Waals surface area contributed by atoms with Crippen molar-refractivity contribution in [1.82, 2.24) is 20.1 Å². The Labute approximate surface area is 93.2 Å². The van der Waals surface area contributed by atoms with Gasteiger partial charge in [-0.3, -0.25) is 19.7 Å². The molecule has 0 aliphatic carbocycles. The Morgan fingerprint density at radius 2 is 2.25 bits per heavy atom. The molecule has 0 saturated carbocycles. The number of hydrogen-bond donors (Lipinski definition) is 2. The Kier molecular flexibility index (Phi) is 4.01. The van der Waals surface area contributed by atoms with Crippen molar-refractivity contribution in [1.29, 1.82) is 0 Å². The number of carbonyl (C=O) groups is 2. The van der Waals surface area contributed by atoms with Gasteiger partial charge in [0.2, 0.25) is 5.91 Å². The third kappa shape index (κ3) is 3.06. The van der Waals surface area contributed by atoms with Gasteiger partial charge in [-0.25, -0.2) is 5.84 Å². The lowest BCUT2D eigenvalue weighted by Gasteiger charge is -2.06. The molecule has 2 amide bonds. The van der Waals surface area contributed by atoms with E-state index in [2.05, 4.69) is 5.10 Å². The van der Waals surface area contributed by atoms with Crippen molar-refractivity contribution in [2.24, 2.45) is 5.84 Å². The topological polar surface area (TPSA) is 93.2 Å². The number of rotatable bonds is 4. The van der Waals surface area contributed by atoms with Crippen LogP contribution in [0.4, 0.5) is 0 Å². The van der Waals surface area contributed by atoms with Gasteiger partial charge in [0.15, 0.2) is 0 Å². The first-order valence-electron chi connectivity index (χ1n) is 4.79. The van der Waals surface area contributed by atoms with E-state index < -0.39 is 0 Å². The fourth-order valence-corrected chi connectivity index (χ4v) is 1.12. The molecule has 7 nitrogen and oxygen atoms in total. The average molecular weight is 225 g/mol. The van der Waals surface area contributed by atoms with E-state index in [1.807, 2.05) is 5.43 Å². The first kappa shape index (κ1) is 12.2. The maximum atomic E-state index is 11.5. The Morgan fingerprint density at radius 3 is 2.81 bits per heavy atom. The molecule has 1 aromatic rings. The number of nitrogens with two attached hydrogens (primary N) is 1. The molecule has 0 spiro atoms. The second kappa shape index (κ2) is 5.26. The van der Waals surface area contributed by atoms with Gasteiger partial charge in [0.1, 0.15) is 5.69 Å². The first-order valence-corrected chi connectivity index (χ1v) is 4.79. The number of nitrogens with zero attached hydrogens (tertiary/aromatic N) is 3. The van der Waals surface area contributed by atoms with Crippen molar-refractivity contribution in [3.05, 3.63) is 18.0 Å². The summed E-state index contributed by atoms with van der Waals surface area (Å²) >= 11 is 0. The van der Waals surface area contributed by atoms with E-state index in [0.717, 1.165) is 0 Å². The third-order valence-electron chi connectivity index (χ3n) is 1.99. The highest BCUT2D eigenvalue weighted by Gasteiger charge is 2.11. The van der Waals surface area contributed by atoms with Crippen molar-refractivity contribution < 1.29 is 9.59 Å². The van der Waals surface area contributed by atoms with E-state index in [4.69, 9.17) is 5.84 Å². The monoisotopic (exact) mass is 225 g/mol. The van der Waals surface area contributed by atoms with Crippen LogP contribution in [-0.2, 0) is 11.3 Å². The molecular formula is C9H15N5O2. The molecule has 1 aromatic heterocycles. The highest BCUT2D eigenvalue weighted by molar-refractivity contribution is 5.91. The zero-order valence-corrected chi connectivity index (χ0v) is 9.30. The second-order valence-electron chi connectivity index (χ2n) is 3.48. The number of amides is 2. The van der Waals surface area contributed by atoms with Crippen LogP contribution in [-0.4, -0.2) is 40.6 Å². The molecule has 0 atom stereocenters. The molecule has 0 fully saturated rings. The van der Waals surface area contributed by atoms with Gasteiger partial charge in [-0.15, -0.1) is 0 Å². The minimum atomic E-state index is -0.268. The van der Waals surface area contributed by atoms with Crippen LogP contribution in [0.25, 0.3) is 0 Å². The van der Waals surface area contributed by atoms with E-state index in [1.165, 1.54) is 9.58 Å². The molecule has 0 bridgehead atoms. The van der Waals surface area contributed by atoms with Crippen LogP contribution in [0, 0.1) is 0 Å². The van der Waals surface area contributed by atoms with Gasteiger partial charge in [-0.2, -0.15) is 5.10 Å². The van der Waals surface area contributed by atoms with E-state index in [0.29, 0.717) is 12.2 Å². The Morgan fingerprint density at radius 1 is 1.56 bits per heavy atom. The van der Waals surface area contributed by atoms with Crippen molar-refractivity contribution in [3.63, 3.8) is 0 Å². The van der Waals surface area contributed by atoms with E-state index in [-0.39, 0.29) is 18.2 Å². The molecule has 1 heterocycles. The fourth-order valence-electron chi connectivity index (χ4n) is 1.12. The van der Waals surface area contributed by atoms with Gasteiger partial charge in [0.05, 0.1) is 0 Å². The molecule has 88 valence electrons. The van der Waals surface area contributed by atoms with Crippen LogP contribution in [0.3, 0.4) is 0 Å². The van der Waals surface area contributed by atoms with Crippen LogP contribution in [0.5, 0.6) is 0 Å². The van der Waals surface area contributed by atoms with E-state index in [1.54, 1.807) is 26.4 Å². The number of hydrogen-bond acceptors (Lipinski definition) is 4. The van der Waals surface area contributed by atoms with Crippen LogP contribution in [0.1, 0.15) is 16.9 Å². The highest BCUT2D eigenvalue weighted by Crippen LogP contribution is 2.00. The van der Waals surface area contributed by atoms with Crippen molar-refractivity contribution in [2.45, 2.75) is 13.0 Å². The minimum Gasteiger partial charge on any atom is -0.343 e. The predicted octanol–water partition coefficient (Wildman–Crippen LogP) is -1.04. The quantitative estimate of drug-likeness (QED) is 0.389. The van der Waals surface area contributed by atoms with Gasteiger partial charge >= 0.3 is 0 Å². The van der Waals surface area contributed by atoms with Gasteiger partial charge in [0.25, 0.3) is 5.91 Å². The average Bonchev–Trinajstić information content (AvgIpc) is 2.73. The van der Waals surface area contributed by atoms with Crippen LogP contribution >= 0.6 is 0 Å². The summed E-state index contributed by atoms with van der Waals surface area (Å²) in [7, 11) is 3.31. The second-order valence-corrected chi connectivity index (χ2v) is 3.48. The summed E-state index contributed by atoms with van der Waals surface area (Å²) in [6, 6.07) is 1.61. The number of hydrazine groups is 1. The lowest BCUT2D eigenvalue weighted by Crippen LogP contribution is -2.30. The SMILES string of the molecule is CN(C)C(=O)c1ccn(CCC(=O)NN)n1. The van der Waals surface area contributed by atoms with Crippen molar-refractivity contribution in [2.75, 3.05) is 14.1 Å². The lowest BCUT2D eigenvalue weighted by molar-refractivity contribution is -0.121. The summed E-state index contributed by atoms with van der Waals surface area (Å²) in [5.41, 5.74) is 2.39. The van der Waals surface area contributed by atoms with Crippen LogP contribution < -0.4 is 11.3 Å². The summed E-state index contributed by atoms with van der Waals surface area (Å²) in [4.78, 5) is 23.8. The van der Waals surface area contributed by atoms with Gasteiger partial charge in [-0.1, -0.05) is 0 Å². The molecule has 3 N–H and O–H groups in total. The van der Waals surface area contributed by atoms with Gasteiger partial charge in [-0.05, 0) is 6.07 Å². The summed E-state index contributed by atoms with van der Waals surface area (Å²) in [5, 5.41) is 4.04. The molecular weight excluding hydrogens is 210 g/mol. The normalized spacial score (nSPS) is 9.94. The standard InChI is InChI=1S/C9H15N5O2/c1-13(2)9(16)7-3-5-14(12-7)6-4-8(15)11-10/h3,5H,4,6,10H2,1-2H3,(H,11,15). The molecule has 7 heteroatoms. The molecule has 0 saturated heterocycles. The molecule has 1 rings (SSSR count). The number of carbonyl (C=O) groups excluding carboxylic acids is 2. The van der Waals surface area contributed by atoms with Gasteiger partial charge in [0, 0.05) is 33.3 Å². The number of aryl methyl sites for hydroxylation is 1. The Bertz CT molecular complexity index is 385. The lowest BCUT2D eigenvalue weighted by atomic mass is 10.4. The Hall–Kier alpha value is -1.89. The fraction of sp³-hybridized carbons (Fsp3) is 0.444. The summed E-state index contributed by atoms with van der Waals surface area (Å²) < 4.78 is 1.53. The van der Waals surface area contributed by atoms with Crippen LogP contribution in [0.15, 0.2) is 12.3 Å². The summed E-state index contributed by atoms with van der Waals surface area (Å²) in [6.45, 7) is 0.393. The summed E-state index contributed by atoms with van der Waals surface area (Å²) in [6.07, 6.45) is 1.88. The van der Waals surface area contributed by atoms with Gasteiger partial charge < -0.3 is 4.90 Å². The molecule has 0 aliphatic rings. The largest absolute Gasteiger partial charge is 0.343 e. The Balaban J connectivity index is 2.58. The maximum Gasteiger partial charge on any atom is 0.273 e. The number of nitrogens with one attached hydrogen (secondary N) is 1. The summed E-state index contributed by atoms with van der Waals surface area (Å²) in [5.74, 6) is 4.51. The molecule has 0 radical (unpaired) electrons. The van der Waals surface area contributed by atoms with Crippen molar-refractivity contribution >= 4 is 11.8 Å². The third-order valence-corrected chi connectivity index (χ3v) is 1.99. The molecule has 0 aromatic carbocycles. The maximum absolute atomic E-state index is 11.5. The smallest absolute Gasteiger partial charge is 0.273 e. The first-order chi connectivity index (χ1) is 7.54.